The molecule has 1 aliphatic heterocycles. The molecule has 1 atom stereocenters. The van der Waals surface area contributed by atoms with E-state index < -0.39 is 4.92 Å². The summed E-state index contributed by atoms with van der Waals surface area (Å²) in [4.78, 5) is 12.4. The maximum absolute atomic E-state index is 11.1. The molecular formula is C12H13N3O4. The molecule has 0 aliphatic carbocycles. The molecule has 100 valence electrons. The lowest BCUT2D eigenvalue weighted by atomic mass is 10.1. The first-order valence-corrected chi connectivity index (χ1v) is 5.81. The van der Waals surface area contributed by atoms with Crippen molar-refractivity contribution in [2.75, 3.05) is 31.2 Å². The number of aliphatic hydroxyl groups excluding tert-OH is 1. The zero-order valence-electron chi connectivity index (χ0n) is 10.2. The standard InChI is InChI=1S/C12H13N3O4/c13-6-9-1-2-11(12(5-9)15(17)18)14-3-4-19-10(7-14)8-16/h1-2,5,10,16H,3-4,7-8H2. The van der Waals surface area contributed by atoms with E-state index in [2.05, 4.69) is 0 Å². The Kier molecular flexibility index (Phi) is 3.94. The molecule has 0 aromatic heterocycles. The second-order valence-electron chi connectivity index (χ2n) is 4.19. The predicted octanol–water partition coefficient (Wildman–Crippen LogP) is 0.664. The van der Waals surface area contributed by atoms with Gasteiger partial charge in [-0.25, -0.2) is 0 Å². The van der Waals surface area contributed by atoms with Crippen LogP contribution in [0.15, 0.2) is 18.2 Å². The number of morpholine rings is 1. The van der Waals surface area contributed by atoms with Gasteiger partial charge in [0.25, 0.3) is 5.69 Å². The summed E-state index contributed by atoms with van der Waals surface area (Å²) in [6, 6.07) is 6.26. The smallest absolute Gasteiger partial charge is 0.293 e. The van der Waals surface area contributed by atoms with Crippen LogP contribution in [0.5, 0.6) is 0 Å². The van der Waals surface area contributed by atoms with Crippen LogP contribution >= 0.6 is 0 Å². The highest BCUT2D eigenvalue weighted by atomic mass is 16.6. The fourth-order valence-electron chi connectivity index (χ4n) is 2.06. The number of nitro groups is 1. The van der Waals surface area contributed by atoms with Gasteiger partial charge in [0.05, 0.1) is 35.9 Å². The highest BCUT2D eigenvalue weighted by Crippen LogP contribution is 2.30. The minimum atomic E-state index is -0.500. The Labute approximate surface area is 109 Å². The molecule has 1 fully saturated rings. The Morgan fingerprint density at radius 2 is 2.42 bits per heavy atom. The molecule has 0 amide bonds. The number of nitrogens with zero attached hydrogens (tertiary/aromatic N) is 3. The van der Waals surface area contributed by atoms with Gasteiger partial charge in [0.2, 0.25) is 0 Å². The van der Waals surface area contributed by atoms with Gasteiger partial charge in [-0.05, 0) is 12.1 Å². The van der Waals surface area contributed by atoms with E-state index >= 15 is 0 Å². The van der Waals surface area contributed by atoms with Crippen molar-refractivity contribution >= 4 is 11.4 Å². The van der Waals surface area contributed by atoms with Gasteiger partial charge in [0, 0.05) is 19.2 Å². The lowest BCUT2D eigenvalue weighted by molar-refractivity contribution is -0.384. The first-order valence-electron chi connectivity index (χ1n) is 5.81. The molecule has 0 spiro atoms. The van der Waals surface area contributed by atoms with Crippen LogP contribution in [-0.4, -0.2) is 42.4 Å². The first kappa shape index (κ1) is 13.3. The van der Waals surface area contributed by atoms with Crippen LogP contribution < -0.4 is 4.90 Å². The van der Waals surface area contributed by atoms with Gasteiger partial charge < -0.3 is 14.7 Å². The van der Waals surface area contributed by atoms with Crippen LogP contribution in [-0.2, 0) is 4.74 Å². The van der Waals surface area contributed by atoms with Crippen molar-refractivity contribution in [3.05, 3.63) is 33.9 Å². The number of benzene rings is 1. The lowest BCUT2D eigenvalue weighted by Gasteiger charge is -2.33. The van der Waals surface area contributed by atoms with Crippen molar-refractivity contribution in [2.45, 2.75) is 6.10 Å². The largest absolute Gasteiger partial charge is 0.394 e. The van der Waals surface area contributed by atoms with E-state index in [1.54, 1.807) is 17.0 Å². The average Bonchev–Trinajstić information content (AvgIpc) is 2.46. The molecule has 1 aromatic rings. The topological polar surface area (TPSA) is 99.6 Å². The van der Waals surface area contributed by atoms with E-state index in [1.165, 1.54) is 6.07 Å². The fraction of sp³-hybridized carbons (Fsp3) is 0.417. The van der Waals surface area contributed by atoms with E-state index in [0.717, 1.165) is 0 Å². The van der Waals surface area contributed by atoms with Gasteiger partial charge in [-0.3, -0.25) is 10.1 Å². The van der Waals surface area contributed by atoms with Crippen molar-refractivity contribution in [3.63, 3.8) is 0 Å². The van der Waals surface area contributed by atoms with E-state index in [4.69, 9.17) is 15.1 Å². The second kappa shape index (κ2) is 5.65. The van der Waals surface area contributed by atoms with E-state index in [0.29, 0.717) is 25.4 Å². The predicted molar refractivity (Wildman–Crippen MR) is 66.9 cm³/mol. The molecule has 2 rings (SSSR count). The van der Waals surface area contributed by atoms with Crippen molar-refractivity contribution in [2.24, 2.45) is 0 Å². The van der Waals surface area contributed by atoms with Crippen molar-refractivity contribution in [3.8, 4) is 6.07 Å². The molecule has 7 heteroatoms. The monoisotopic (exact) mass is 263 g/mol. The normalized spacial score (nSPS) is 18.9. The third-order valence-corrected chi connectivity index (χ3v) is 2.98. The van der Waals surface area contributed by atoms with E-state index in [1.807, 2.05) is 6.07 Å². The first-order chi connectivity index (χ1) is 9.15. The van der Waals surface area contributed by atoms with Crippen LogP contribution in [0.3, 0.4) is 0 Å². The summed E-state index contributed by atoms with van der Waals surface area (Å²) in [6.07, 6.45) is -0.344. The minimum absolute atomic E-state index is 0.0994. The quantitative estimate of drug-likeness (QED) is 0.635. The molecule has 1 heterocycles. The van der Waals surface area contributed by atoms with Gasteiger partial charge in [0.15, 0.2) is 0 Å². The Hall–Kier alpha value is -2.17. The van der Waals surface area contributed by atoms with E-state index in [-0.39, 0.29) is 24.0 Å². The zero-order valence-corrected chi connectivity index (χ0v) is 10.2. The number of hydrogen-bond donors (Lipinski definition) is 1. The second-order valence-corrected chi connectivity index (χ2v) is 4.19. The Morgan fingerprint density at radius 3 is 3.05 bits per heavy atom. The summed E-state index contributed by atoms with van der Waals surface area (Å²) < 4.78 is 5.31. The van der Waals surface area contributed by atoms with Crippen molar-refractivity contribution in [1.82, 2.24) is 0 Å². The van der Waals surface area contributed by atoms with Crippen molar-refractivity contribution < 1.29 is 14.8 Å². The lowest BCUT2D eigenvalue weighted by Crippen LogP contribution is -2.44. The summed E-state index contributed by atoms with van der Waals surface area (Å²) >= 11 is 0. The molecule has 1 aromatic carbocycles. The maximum atomic E-state index is 11.1. The summed E-state index contributed by atoms with van der Waals surface area (Å²) in [5.74, 6) is 0. The van der Waals surface area contributed by atoms with Crippen LogP contribution in [0.2, 0.25) is 0 Å². The minimum Gasteiger partial charge on any atom is -0.394 e. The number of nitriles is 1. The van der Waals surface area contributed by atoms with Gasteiger partial charge in [-0.15, -0.1) is 0 Å². The van der Waals surface area contributed by atoms with Crippen LogP contribution in [0, 0.1) is 21.4 Å². The van der Waals surface area contributed by atoms with Gasteiger partial charge in [-0.2, -0.15) is 5.26 Å². The Bertz CT molecular complexity index is 526. The van der Waals surface area contributed by atoms with Crippen LogP contribution in [0.4, 0.5) is 11.4 Å². The number of rotatable bonds is 3. The van der Waals surface area contributed by atoms with Crippen molar-refractivity contribution in [1.29, 1.82) is 5.26 Å². The highest BCUT2D eigenvalue weighted by Gasteiger charge is 2.25. The van der Waals surface area contributed by atoms with Gasteiger partial charge in [-0.1, -0.05) is 0 Å². The summed E-state index contributed by atoms with van der Waals surface area (Å²) in [7, 11) is 0. The Balaban J connectivity index is 2.33. The van der Waals surface area contributed by atoms with Crippen LogP contribution in [0.25, 0.3) is 0 Å². The average molecular weight is 263 g/mol. The molecule has 0 bridgehead atoms. The van der Waals surface area contributed by atoms with Crippen LogP contribution in [0.1, 0.15) is 5.56 Å². The number of hydrogen-bond acceptors (Lipinski definition) is 6. The molecule has 1 aliphatic rings. The maximum Gasteiger partial charge on any atom is 0.293 e. The third-order valence-electron chi connectivity index (χ3n) is 2.98. The van der Waals surface area contributed by atoms with Gasteiger partial charge >= 0.3 is 0 Å². The summed E-state index contributed by atoms with van der Waals surface area (Å²) in [5, 5.41) is 28.9. The SMILES string of the molecule is N#Cc1ccc(N2CCOC(CO)C2)c([N+](=O)[O-])c1. The zero-order chi connectivity index (χ0) is 13.8. The van der Waals surface area contributed by atoms with E-state index in [9.17, 15) is 10.1 Å². The number of nitro benzene ring substituents is 1. The number of anilines is 1. The number of ether oxygens (including phenoxy) is 1. The molecule has 7 nitrogen and oxygen atoms in total. The molecule has 1 N–H and O–H groups in total. The summed E-state index contributed by atoms with van der Waals surface area (Å²) in [6.45, 7) is 1.19. The molecule has 0 radical (unpaired) electrons. The highest BCUT2D eigenvalue weighted by molar-refractivity contribution is 5.65. The molecule has 1 unspecified atom stereocenters. The molecule has 19 heavy (non-hydrogen) atoms. The Morgan fingerprint density at radius 1 is 1.63 bits per heavy atom. The molecule has 1 saturated heterocycles. The third kappa shape index (κ3) is 2.81. The summed E-state index contributed by atoms with van der Waals surface area (Å²) in [5.41, 5.74) is 0.603. The van der Waals surface area contributed by atoms with Gasteiger partial charge in [0.1, 0.15) is 5.69 Å². The molecule has 0 saturated carbocycles. The number of aliphatic hydroxyl groups is 1. The molecular weight excluding hydrogens is 250 g/mol. The fourth-order valence-corrected chi connectivity index (χ4v) is 2.06.